The van der Waals surface area contributed by atoms with Crippen LogP contribution in [0.4, 0.5) is 0 Å². The first kappa shape index (κ1) is 14.1. The van der Waals surface area contributed by atoms with Crippen molar-refractivity contribution in [2.45, 2.75) is 38.5 Å². The van der Waals surface area contributed by atoms with Crippen LogP contribution in [-0.4, -0.2) is 17.6 Å². The topological polar surface area (TPSA) is 39.2 Å². The van der Waals surface area contributed by atoms with Gasteiger partial charge in [0, 0.05) is 11.6 Å². The molecule has 110 valence electrons. The van der Waals surface area contributed by atoms with Crippen molar-refractivity contribution in [1.29, 1.82) is 0 Å². The number of ether oxygens (including phenoxy) is 1. The van der Waals surface area contributed by atoms with E-state index in [0.29, 0.717) is 12.5 Å². The Labute approximate surface area is 125 Å². The van der Waals surface area contributed by atoms with Gasteiger partial charge in [0.15, 0.2) is 0 Å². The first-order valence-electron chi connectivity index (χ1n) is 7.80. The fourth-order valence-corrected chi connectivity index (χ4v) is 3.37. The molecule has 1 fully saturated rings. The zero-order chi connectivity index (χ0) is 14.7. The lowest BCUT2D eigenvalue weighted by Crippen LogP contribution is -2.23. The minimum Gasteiger partial charge on any atom is -0.466 e. The molecule has 1 aliphatic carbocycles. The van der Waals surface area contributed by atoms with Crippen LogP contribution in [0.15, 0.2) is 36.5 Å². The SMILES string of the molecule is CCOC(=O)C1CCC(c2ccnc3ccccc23)CC1. The molecule has 0 spiro atoms. The molecule has 3 heteroatoms. The number of hydrogen-bond donors (Lipinski definition) is 0. The molecule has 0 aliphatic heterocycles. The van der Waals surface area contributed by atoms with Crippen LogP contribution in [0.5, 0.6) is 0 Å². The number of rotatable bonds is 3. The molecule has 0 radical (unpaired) electrons. The van der Waals surface area contributed by atoms with Gasteiger partial charge in [0.1, 0.15) is 0 Å². The fraction of sp³-hybridized carbons (Fsp3) is 0.444. The largest absolute Gasteiger partial charge is 0.466 e. The average Bonchev–Trinajstić information content (AvgIpc) is 2.55. The molecule has 1 aliphatic rings. The number of para-hydroxylation sites is 1. The molecule has 0 N–H and O–H groups in total. The van der Waals surface area contributed by atoms with Crippen LogP contribution < -0.4 is 0 Å². The van der Waals surface area contributed by atoms with E-state index in [4.69, 9.17) is 4.74 Å². The summed E-state index contributed by atoms with van der Waals surface area (Å²) in [6.07, 6.45) is 5.87. The van der Waals surface area contributed by atoms with Gasteiger partial charge in [-0.05, 0) is 56.2 Å². The first-order chi connectivity index (χ1) is 10.3. The van der Waals surface area contributed by atoms with Crippen LogP contribution in [0.1, 0.15) is 44.1 Å². The standard InChI is InChI=1S/C18H21NO2/c1-2-21-18(20)14-9-7-13(8-10-14)15-11-12-19-17-6-4-3-5-16(15)17/h3-6,11-14H,2,7-10H2,1H3. The Balaban J connectivity index is 1.76. The number of pyridine rings is 1. The molecular weight excluding hydrogens is 262 g/mol. The second-order valence-corrected chi connectivity index (χ2v) is 5.72. The Morgan fingerprint density at radius 2 is 1.95 bits per heavy atom. The Morgan fingerprint density at radius 3 is 2.71 bits per heavy atom. The first-order valence-corrected chi connectivity index (χ1v) is 7.80. The number of esters is 1. The van der Waals surface area contributed by atoms with Gasteiger partial charge in [-0.1, -0.05) is 18.2 Å². The fourth-order valence-electron chi connectivity index (χ4n) is 3.37. The number of carbonyl (C=O) groups is 1. The van der Waals surface area contributed by atoms with Crippen molar-refractivity contribution in [3.63, 3.8) is 0 Å². The van der Waals surface area contributed by atoms with Gasteiger partial charge >= 0.3 is 5.97 Å². The second kappa shape index (κ2) is 6.25. The zero-order valence-corrected chi connectivity index (χ0v) is 12.4. The molecule has 0 bridgehead atoms. The normalized spacial score (nSPS) is 22.1. The van der Waals surface area contributed by atoms with Gasteiger partial charge in [-0.25, -0.2) is 0 Å². The van der Waals surface area contributed by atoms with Crippen molar-refractivity contribution in [2.75, 3.05) is 6.61 Å². The van der Waals surface area contributed by atoms with Crippen LogP contribution in [0.3, 0.4) is 0 Å². The smallest absolute Gasteiger partial charge is 0.308 e. The Morgan fingerprint density at radius 1 is 1.19 bits per heavy atom. The third-order valence-electron chi connectivity index (χ3n) is 4.47. The zero-order valence-electron chi connectivity index (χ0n) is 12.4. The van der Waals surface area contributed by atoms with E-state index in [1.807, 2.05) is 19.2 Å². The van der Waals surface area contributed by atoms with Crippen LogP contribution in [0.25, 0.3) is 10.9 Å². The summed E-state index contributed by atoms with van der Waals surface area (Å²) in [5.74, 6) is 0.605. The summed E-state index contributed by atoms with van der Waals surface area (Å²) in [6.45, 7) is 2.35. The van der Waals surface area contributed by atoms with Crippen LogP contribution in [0, 0.1) is 5.92 Å². The molecule has 1 heterocycles. The van der Waals surface area contributed by atoms with Gasteiger partial charge in [-0.15, -0.1) is 0 Å². The van der Waals surface area contributed by atoms with Crippen molar-refractivity contribution in [3.05, 3.63) is 42.1 Å². The van der Waals surface area contributed by atoms with Gasteiger partial charge in [0.2, 0.25) is 0 Å². The Bertz CT molecular complexity index is 625. The number of aromatic nitrogens is 1. The maximum atomic E-state index is 11.8. The molecular formula is C18H21NO2. The number of fused-ring (bicyclic) bond motifs is 1. The number of hydrogen-bond acceptors (Lipinski definition) is 3. The Hall–Kier alpha value is -1.90. The Kier molecular flexibility index (Phi) is 4.18. The van der Waals surface area contributed by atoms with E-state index in [0.717, 1.165) is 31.2 Å². The third kappa shape index (κ3) is 2.92. The minimum absolute atomic E-state index is 0.0180. The summed E-state index contributed by atoms with van der Waals surface area (Å²) in [5, 5.41) is 1.25. The molecule has 3 nitrogen and oxygen atoms in total. The van der Waals surface area contributed by atoms with Crippen molar-refractivity contribution in [1.82, 2.24) is 4.98 Å². The van der Waals surface area contributed by atoms with Gasteiger partial charge < -0.3 is 4.74 Å². The van der Waals surface area contributed by atoms with Crippen molar-refractivity contribution in [3.8, 4) is 0 Å². The summed E-state index contributed by atoms with van der Waals surface area (Å²) in [5.41, 5.74) is 2.44. The number of benzene rings is 1. The van der Waals surface area contributed by atoms with E-state index in [-0.39, 0.29) is 11.9 Å². The number of carbonyl (C=O) groups excluding carboxylic acids is 1. The molecule has 0 atom stereocenters. The highest BCUT2D eigenvalue weighted by Gasteiger charge is 2.28. The predicted octanol–water partition coefficient (Wildman–Crippen LogP) is 4.07. The maximum Gasteiger partial charge on any atom is 0.308 e. The highest BCUT2D eigenvalue weighted by atomic mass is 16.5. The lowest BCUT2D eigenvalue weighted by Gasteiger charge is -2.28. The van der Waals surface area contributed by atoms with Crippen molar-refractivity contribution in [2.24, 2.45) is 5.92 Å². The summed E-state index contributed by atoms with van der Waals surface area (Å²) < 4.78 is 5.14. The van der Waals surface area contributed by atoms with Crippen LogP contribution in [0.2, 0.25) is 0 Å². The molecule has 21 heavy (non-hydrogen) atoms. The van der Waals surface area contributed by atoms with Crippen LogP contribution in [-0.2, 0) is 9.53 Å². The summed E-state index contributed by atoms with van der Waals surface area (Å²) in [6, 6.07) is 10.4. The summed E-state index contributed by atoms with van der Waals surface area (Å²) >= 11 is 0. The van der Waals surface area contributed by atoms with E-state index >= 15 is 0 Å². The molecule has 3 rings (SSSR count). The highest BCUT2D eigenvalue weighted by Crippen LogP contribution is 2.38. The molecule has 1 aromatic carbocycles. The third-order valence-corrected chi connectivity index (χ3v) is 4.47. The summed E-state index contributed by atoms with van der Waals surface area (Å²) in [4.78, 5) is 16.3. The lowest BCUT2D eigenvalue weighted by atomic mass is 9.78. The molecule has 1 saturated carbocycles. The maximum absolute atomic E-state index is 11.8. The summed E-state index contributed by atoms with van der Waals surface area (Å²) in [7, 11) is 0. The van der Waals surface area contributed by atoms with E-state index in [2.05, 4.69) is 29.2 Å². The van der Waals surface area contributed by atoms with Crippen molar-refractivity contribution < 1.29 is 9.53 Å². The van der Waals surface area contributed by atoms with Crippen molar-refractivity contribution >= 4 is 16.9 Å². The lowest BCUT2D eigenvalue weighted by molar-refractivity contribution is -0.149. The highest BCUT2D eigenvalue weighted by molar-refractivity contribution is 5.82. The molecule has 2 aromatic rings. The van der Waals surface area contributed by atoms with E-state index in [1.165, 1.54) is 10.9 Å². The van der Waals surface area contributed by atoms with Gasteiger partial charge in [-0.3, -0.25) is 9.78 Å². The van der Waals surface area contributed by atoms with E-state index in [1.54, 1.807) is 0 Å². The monoisotopic (exact) mass is 283 g/mol. The predicted molar refractivity (Wildman–Crippen MR) is 83.1 cm³/mol. The average molecular weight is 283 g/mol. The molecule has 0 unspecified atom stereocenters. The molecule has 1 aromatic heterocycles. The quantitative estimate of drug-likeness (QED) is 0.797. The van der Waals surface area contributed by atoms with Gasteiger partial charge in [-0.2, -0.15) is 0 Å². The van der Waals surface area contributed by atoms with E-state index < -0.39 is 0 Å². The van der Waals surface area contributed by atoms with E-state index in [9.17, 15) is 4.79 Å². The van der Waals surface area contributed by atoms with Crippen LogP contribution >= 0.6 is 0 Å². The van der Waals surface area contributed by atoms with Gasteiger partial charge in [0.05, 0.1) is 18.0 Å². The number of nitrogens with zero attached hydrogens (tertiary/aromatic N) is 1. The molecule has 0 amide bonds. The second-order valence-electron chi connectivity index (χ2n) is 5.72. The minimum atomic E-state index is -0.0180. The van der Waals surface area contributed by atoms with Gasteiger partial charge in [0.25, 0.3) is 0 Å². The molecule has 0 saturated heterocycles.